The molecule has 1 aromatic heterocycles. The van der Waals surface area contributed by atoms with Crippen LogP contribution in [0.1, 0.15) is 0 Å². The maximum atomic E-state index is 12.2. The summed E-state index contributed by atoms with van der Waals surface area (Å²) in [5.74, 6) is 0.466. The normalized spacial score (nSPS) is 11.1. The molecular formula is C16H15NO3. The predicted octanol–water partition coefficient (Wildman–Crippen LogP) is 2.37. The zero-order valence-corrected chi connectivity index (χ0v) is 11.2. The van der Waals surface area contributed by atoms with Crippen molar-refractivity contribution in [2.45, 2.75) is 0 Å². The lowest BCUT2D eigenvalue weighted by Gasteiger charge is -2.16. The molecule has 0 unspecified atom stereocenters. The van der Waals surface area contributed by atoms with Crippen molar-refractivity contribution in [1.82, 2.24) is 0 Å². The Morgan fingerprint density at radius 3 is 2.75 bits per heavy atom. The van der Waals surface area contributed by atoms with Crippen LogP contribution in [0.15, 0.2) is 51.7 Å². The number of anilines is 1. The lowest BCUT2D eigenvalue weighted by atomic mass is 10.1. The van der Waals surface area contributed by atoms with Gasteiger partial charge in [0, 0.05) is 25.0 Å². The summed E-state index contributed by atoms with van der Waals surface area (Å²) in [6.07, 6.45) is 0. The Balaban J connectivity index is 2.32. The van der Waals surface area contributed by atoms with Crippen molar-refractivity contribution in [1.29, 1.82) is 0 Å². The topological polar surface area (TPSA) is 53.7 Å². The maximum Gasteiger partial charge on any atom is 0.199 e. The Bertz CT molecular complexity index is 823. The van der Waals surface area contributed by atoms with E-state index >= 15 is 0 Å². The van der Waals surface area contributed by atoms with Gasteiger partial charge in [0.05, 0.1) is 12.0 Å². The number of rotatable bonds is 3. The molecule has 0 aliphatic carbocycles. The van der Waals surface area contributed by atoms with Crippen molar-refractivity contribution >= 4 is 27.6 Å². The number of hydrogen-bond donors (Lipinski definition) is 1. The zero-order valence-electron chi connectivity index (χ0n) is 11.2. The van der Waals surface area contributed by atoms with E-state index in [9.17, 15) is 4.79 Å². The first-order chi connectivity index (χ1) is 9.70. The first-order valence-electron chi connectivity index (χ1n) is 6.48. The van der Waals surface area contributed by atoms with E-state index in [4.69, 9.17) is 9.52 Å². The molecule has 0 spiro atoms. The summed E-state index contributed by atoms with van der Waals surface area (Å²) in [7, 11) is 1.78. The van der Waals surface area contributed by atoms with Crippen LogP contribution in [0.3, 0.4) is 0 Å². The molecule has 3 rings (SSSR count). The van der Waals surface area contributed by atoms with Crippen molar-refractivity contribution in [2.24, 2.45) is 0 Å². The smallest absolute Gasteiger partial charge is 0.199 e. The van der Waals surface area contributed by atoms with E-state index in [2.05, 4.69) is 0 Å². The van der Waals surface area contributed by atoms with Gasteiger partial charge in [-0.3, -0.25) is 4.79 Å². The van der Waals surface area contributed by atoms with Gasteiger partial charge >= 0.3 is 0 Å². The van der Waals surface area contributed by atoms with Crippen molar-refractivity contribution < 1.29 is 9.52 Å². The minimum Gasteiger partial charge on any atom is -0.440 e. The molecule has 0 fully saturated rings. The van der Waals surface area contributed by atoms with Crippen molar-refractivity contribution in [3.8, 4) is 0 Å². The second kappa shape index (κ2) is 4.98. The average Bonchev–Trinajstić information content (AvgIpc) is 2.47. The van der Waals surface area contributed by atoms with Crippen molar-refractivity contribution in [2.75, 3.05) is 25.1 Å². The van der Waals surface area contributed by atoms with Crippen LogP contribution in [0.5, 0.6) is 0 Å². The molecule has 0 saturated carbocycles. The van der Waals surface area contributed by atoms with Crippen LogP contribution in [0, 0.1) is 0 Å². The third-order valence-electron chi connectivity index (χ3n) is 3.42. The van der Waals surface area contributed by atoms with Gasteiger partial charge in [0.15, 0.2) is 11.3 Å². The highest BCUT2D eigenvalue weighted by atomic mass is 16.4. The summed E-state index contributed by atoms with van der Waals surface area (Å²) in [6, 6.07) is 13.0. The van der Waals surface area contributed by atoms with Gasteiger partial charge in [0.25, 0.3) is 0 Å². The molecule has 0 aliphatic heterocycles. The largest absolute Gasteiger partial charge is 0.440 e. The summed E-state index contributed by atoms with van der Waals surface area (Å²) in [6.45, 7) is 0.424. The third kappa shape index (κ3) is 2.04. The molecule has 0 radical (unpaired) electrons. The highest BCUT2D eigenvalue weighted by molar-refractivity contribution is 6.04. The quantitative estimate of drug-likeness (QED) is 0.742. The van der Waals surface area contributed by atoms with Gasteiger partial charge in [0.1, 0.15) is 5.58 Å². The van der Waals surface area contributed by atoms with E-state index in [1.165, 1.54) is 6.07 Å². The molecule has 4 heteroatoms. The molecule has 1 N–H and O–H groups in total. The first kappa shape index (κ1) is 12.7. The molecule has 1 heterocycles. The molecule has 3 aromatic rings. The SMILES string of the molecule is CN(CCO)c1cc(=O)c2ccc3ccccc3c2o1. The number of aliphatic hydroxyl groups is 1. The minimum absolute atomic E-state index is 0.00772. The van der Waals surface area contributed by atoms with E-state index in [1.54, 1.807) is 18.0 Å². The van der Waals surface area contributed by atoms with Crippen LogP contribution >= 0.6 is 0 Å². The molecule has 4 nitrogen and oxygen atoms in total. The van der Waals surface area contributed by atoms with Gasteiger partial charge in [-0.25, -0.2) is 0 Å². The second-order valence-electron chi connectivity index (χ2n) is 4.76. The maximum absolute atomic E-state index is 12.2. The first-order valence-corrected chi connectivity index (χ1v) is 6.48. The zero-order chi connectivity index (χ0) is 14.1. The molecule has 2 aromatic carbocycles. The van der Waals surface area contributed by atoms with Crippen molar-refractivity contribution in [3.05, 3.63) is 52.7 Å². The summed E-state index contributed by atoms with van der Waals surface area (Å²) < 4.78 is 5.89. The molecule has 20 heavy (non-hydrogen) atoms. The van der Waals surface area contributed by atoms with E-state index in [0.717, 1.165) is 10.8 Å². The minimum atomic E-state index is -0.0724. The van der Waals surface area contributed by atoms with Crippen LogP contribution in [0.25, 0.3) is 21.7 Å². The summed E-state index contributed by atoms with van der Waals surface area (Å²) in [4.78, 5) is 13.9. The number of nitrogens with zero attached hydrogens (tertiary/aromatic N) is 1. The highest BCUT2D eigenvalue weighted by Crippen LogP contribution is 2.26. The number of aliphatic hydroxyl groups excluding tert-OH is 1. The standard InChI is InChI=1S/C16H15NO3/c1-17(8-9-18)15-10-14(19)13-7-6-11-4-2-3-5-12(11)16(13)20-15/h2-7,10,18H,8-9H2,1H3. The Labute approximate surface area is 115 Å². The summed E-state index contributed by atoms with van der Waals surface area (Å²) in [5, 5.41) is 11.5. The fraction of sp³-hybridized carbons (Fsp3) is 0.188. The number of fused-ring (bicyclic) bond motifs is 3. The average molecular weight is 269 g/mol. The Hall–Kier alpha value is -2.33. The van der Waals surface area contributed by atoms with Crippen LogP contribution in [0.4, 0.5) is 5.88 Å². The fourth-order valence-electron chi connectivity index (χ4n) is 2.32. The lowest BCUT2D eigenvalue weighted by molar-refractivity contribution is 0.302. The predicted molar refractivity (Wildman–Crippen MR) is 80.3 cm³/mol. The Kier molecular flexibility index (Phi) is 3.16. The summed E-state index contributed by atoms with van der Waals surface area (Å²) >= 11 is 0. The molecule has 102 valence electrons. The Morgan fingerprint density at radius 1 is 1.15 bits per heavy atom. The number of hydrogen-bond acceptors (Lipinski definition) is 4. The molecule has 0 aliphatic rings. The van der Waals surface area contributed by atoms with Crippen LogP contribution in [0.2, 0.25) is 0 Å². The molecule has 0 bridgehead atoms. The van der Waals surface area contributed by atoms with Gasteiger partial charge in [-0.1, -0.05) is 30.3 Å². The van der Waals surface area contributed by atoms with Gasteiger partial charge < -0.3 is 14.4 Å². The molecule has 0 amide bonds. The molecular weight excluding hydrogens is 254 g/mol. The van der Waals surface area contributed by atoms with E-state index < -0.39 is 0 Å². The number of likely N-dealkylation sites (N-methyl/N-ethyl adjacent to an activating group) is 1. The van der Waals surface area contributed by atoms with Gasteiger partial charge in [-0.15, -0.1) is 0 Å². The second-order valence-corrected chi connectivity index (χ2v) is 4.76. The Morgan fingerprint density at radius 2 is 1.95 bits per heavy atom. The highest BCUT2D eigenvalue weighted by Gasteiger charge is 2.10. The lowest BCUT2D eigenvalue weighted by Crippen LogP contribution is -2.22. The van der Waals surface area contributed by atoms with Crippen LogP contribution in [-0.4, -0.2) is 25.3 Å². The van der Waals surface area contributed by atoms with Crippen molar-refractivity contribution in [3.63, 3.8) is 0 Å². The summed E-state index contributed by atoms with van der Waals surface area (Å²) in [5.41, 5.74) is 0.521. The van der Waals surface area contributed by atoms with E-state index in [0.29, 0.717) is 23.4 Å². The monoisotopic (exact) mass is 269 g/mol. The third-order valence-corrected chi connectivity index (χ3v) is 3.42. The van der Waals surface area contributed by atoms with Gasteiger partial charge in [0.2, 0.25) is 0 Å². The van der Waals surface area contributed by atoms with Gasteiger partial charge in [-0.05, 0) is 11.5 Å². The molecule has 0 saturated heterocycles. The number of benzene rings is 2. The van der Waals surface area contributed by atoms with Crippen LogP contribution in [-0.2, 0) is 0 Å². The fourth-order valence-corrected chi connectivity index (χ4v) is 2.32. The van der Waals surface area contributed by atoms with E-state index in [-0.39, 0.29) is 12.0 Å². The van der Waals surface area contributed by atoms with Gasteiger partial charge in [-0.2, -0.15) is 0 Å². The molecule has 0 atom stereocenters. The van der Waals surface area contributed by atoms with Crippen LogP contribution < -0.4 is 10.3 Å². The van der Waals surface area contributed by atoms with E-state index in [1.807, 2.05) is 30.3 Å².